The predicted octanol–water partition coefficient (Wildman–Crippen LogP) is -5.29. The molecule has 2 aromatic rings. The first-order valence-electron chi connectivity index (χ1n) is 36.7. The van der Waals surface area contributed by atoms with Gasteiger partial charge in [0.25, 0.3) is 0 Å². The van der Waals surface area contributed by atoms with Crippen LogP contribution in [0.1, 0.15) is 123 Å². The van der Waals surface area contributed by atoms with Gasteiger partial charge in [0.1, 0.15) is 60.4 Å². The Kier molecular flexibility index (Phi) is 43.3. The minimum Gasteiger partial charge on any atom is -0.480 e. The lowest BCUT2D eigenvalue weighted by molar-refractivity contribution is -0.141. The molecule has 4 unspecified atom stereocenters. The lowest BCUT2D eigenvalue weighted by Crippen LogP contribution is -2.62. The van der Waals surface area contributed by atoms with Crippen molar-refractivity contribution in [2.75, 3.05) is 50.8 Å². The van der Waals surface area contributed by atoms with Gasteiger partial charge in [-0.1, -0.05) is 137 Å². The normalized spacial score (nSPS) is 22.7. The maximum atomic E-state index is 15.0. The van der Waals surface area contributed by atoms with Crippen LogP contribution in [0.3, 0.4) is 0 Å². The number of rotatable bonds is 29. The zero-order valence-corrected chi connectivity index (χ0v) is 65.4. The second kappa shape index (κ2) is 50.9. The molecule has 0 bridgehead atoms. The highest BCUT2D eigenvalue weighted by Crippen LogP contribution is 2.24. The van der Waals surface area contributed by atoms with Gasteiger partial charge in [0.15, 0.2) is 23.8 Å². The molecule has 616 valence electrons. The van der Waals surface area contributed by atoms with Crippen LogP contribution in [0, 0.1) is 17.8 Å². The molecule has 0 aliphatic carbocycles. The number of nitrogens with two attached hydrogens (primary N) is 9. The van der Waals surface area contributed by atoms with Gasteiger partial charge in [-0.15, -0.1) is 0 Å². The van der Waals surface area contributed by atoms with Gasteiger partial charge < -0.3 is 121 Å². The fourth-order valence-electron chi connectivity index (χ4n) is 11.0. The number of carboxylic acid groups (broad SMARTS) is 1. The Morgan fingerprint density at radius 2 is 0.838 bits per heavy atom. The summed E-state index contributed by atoms with van der Waals surface area (Å²) in [6.45, 7) is 8.93. The highest BCUT2D eigenvalue weighted by atomic mass is 33.1. The largest absolute Gasteiger partial charge is 0.480 e. The topological polar surface area (TPSA) is 670 Å². The van der Waals surface area contributed by atoms with Crippen LogP contribution < -0.4 is 115 Å². The number of nitrogens with zero attached hydrogens (tertiary/aromatic N) is 4. The maximum absolute atomic E-state index is 15.0. The summed E-state index contributed by atoms with van der Waals surface area (Å²) in [6, 6.07) is 0.941. The van der Waals surface area contributed by atoms with Crippen LogP contribution in [0.15, 0.2) is 80.6 Å². The van der Waals surface area contributed by atoms with Crippen molar-refractivity contribution in [2.24, 2.45) is 89.3 Å². The monoisotopic (exact) mass is 1590 g/mol. The average Bonchev–Trinajstić information content (AvgIpc) is 0.849. The SMILES string of the molecule is CC[C@H](C)C1NC(=O)[C@H](CCCN=C(N)N)NC(=O)C(CC(C)C)NC(=O)[C@H]([C@@H](C)CC)NC(=O)[C@H](CCCN=C(N)N)NC(=O)CNC(=O)CNC(=O)C(Cc2ccccc2)NC(=O)[C@@H](NC(=O)[C@@H](N)CCCN=C(N)N)CSSC[C@@H](C(=O)O)NC(=O)C(CCCN=C(N)N)NC(=O)[C@H](Cc2ccccc2)NC1=O. The predicted molar refractivity (Wildman–Crippen MR) is 424 cm³/mol. The molecular weight excluding hydrogens is 1480 g/mol. The van der Waals surface area contributed by atoms with E-state index in [1.54, 1.807) is 102 Å². The molecule has 1 fully saturated rings. The van der Waals surface area contributed by atoms with Crippen LogP contribution in [0.5, 0.6) is 0 Å². The zero-order valence-electron chi connectivity index (χ0n) is 63.8. The molecule has 0 saturated carbocycles. The Morgan fingerprint density at radius 3 is 1.28 bits per heavy atom. The molecule has 13 atom stereocenters. The summed E-state index contributed by atoms with van der Waals surface area (Å²) >= 11 is 0. The number of carboxylic acids is 1. The molecule has 41 heteroatoms. The van der Waals surface area contributed by atoms with Crippen molar-refractivity contribution in [3.05, 3.63) is 71.8 Å². The molecule has 1 aliphatic rings. The summed E-state index contributed by atoms with van der Waals surface area (Å²) in [4.78, 5) is 202. The maximum Gasteiger partial charge on any atom is 0.327 e. The summed E-state index contributed by atoms with van der Waals surface area (Å²) in [6.07, 6.45) is 0.309. The fourth-order valence-corrected chi connectivity index (χ4v) is 13.3. The van der Waals surface area contributed by atoms with Crippen LogP contribution in [-0.4, -0.2) is 223 Å². The number of carbonyl (C=O) groups excluding carboxylic acids is 12. The van der Waals surface area contributed by atoms with Crippen molar-refractivity contribution >= 4 is 122 Å². The van der Waals surface area contributed by atoms with E-state index in [-0.39, 0.29) is 139 Å². The minimum atomic E-state index is -1.70. The number of aliphatic imine (C=N–C) groups is 4. The molecule has 0 spiro atoms. The average molecular weight is 1590 g/mol. The second-order valence-corrected chi connectivity index (χ2v) is 29.7. The Bertz CT molecular complexity index is 3510. The van der Waals surface area contributed by atoms with Gasteiger partial charge >= 0.3 is 5.97 Å². The molecule has 31 N–H and O–H groups in total. The first-order chi connectivity index (χ1) is 52.6. The van der Waals surface area contributed by atoms with E-state index in [1.807, 2.05) is 0 Å². The van der Waals surface area contributed by atoms with Crippen LogP contribution in [0.2, 0.25) is 0 Å². The van der Waals surface area contributed by atoms with Crippen molar-refractivity contribution in [3.63, 3.8) is 0 Å². The number of nitrogens with one attached hydrogen (secondary N) is 12. The van der Waals surface area contributed by atoms with Crippen molar-refractivity contribution < 1.29 is 67.4 Å². The Balaban J connectivity index is 2.29. The Hall–Kier alpha value is -10.7. The van der Waals surface area contributed by atoms with Gasteiger partial charge in [-0.2, -0.15) is 0 Å². The number of amides is 12. The standard InChI is InChI=1S/C70H115N25O14S2/c1-7-39(5)54-64(106)90-47(31-38(3)4)61(103)88-46(26-18-30-83-70(78)79)60(102)95-55(40(6)8-2)65(107)91-49(33-42-21-13-10-14-22-42)62(104)87-45(25-17-29-82-69(76)77)58(100)93-51(66(108)109)37-111-110-36-50(92-56(98)43(71)23-15-27-80-67(72)73)63(105)89-48(32-41-19-11-9-12-20-41)57(99)85-34-52(96)84-35-53(97)86-44(59(101)94-54)24-16-28-81-68(74)75/h9-14,19-22,38-40,43-51,54-55H,7-8,15-18,23-37,71H2,1-6H3,(H,84,96)(H,85,99)(H,86,97)(H,87,104)(H,88,103)(H,89,105)(H,90,106)(H,91,107)(H,92,98)(H,93,100)(H,94,101)(H,95,102)(H,108,109)(H4,72,73,80)(H4,74,75,81)(H4,76,77,82)(H4,78,79,83)/t39-,40-,43-,44-,45?,46-,47?,48?,49-,50-,51-,54-,55?/m0/s1. The van der Waals surface area contributed by atoms with E-state index in [0.29, 0.717) is 17.5 Å². The molecule has 12 amide bonds. The molecule has 111 heavy (non-hydrogen) atoms. The smallest absolute Gasteiger partial charge is 0.327 e. The molecular formula is C70H115N25O14S2. The highest BCUT2D eigenvalue weighted by Gasteiger charge is 2.38. The van der Waals surface area contributed by atoms with Crippen LogP contribution >= 0.6 is 21.6 Å². The van der Waals surface area contributed by atoms with Crippen LogP contribution in [0.4, 0.5) is 0 Å². The van der Waals surface area contributed by atoms with Gasteiger partial charge in [0, 0.05) is 50.5 Å². The number of aliphatic carboxylic acids is 1. The van der Waals surface area contributed by atoms with Crippen molar-refractivity contribution in [3.8, 4) is 0 Å². The molecule has 1 aliphatic heterocycles. The summed E-state index contributed by atoms with van der Waals surface area (Å²) in [5.41, 5.74) is 51.9. The summed E-state index contributed by atoms with van der Waals surface area (Å²) in [5.74, 6) is -15.4. The lowest BCUT2D eigenvalue weighted by Gasteiger charge is -2.31. The quantitative estimate of drug-likeness (QED) is 0.0157. The van der Waals surface area contributed by atoms with Crippen molar-refractivity contribution in [1.29, 1.82) is 0 Å². The fraction of sp³-hybridized carbons (Fsp3) is 0.586. The summed E-state index contributed by atoms with van der Waals surface area (Å²) in [7, 11) is 1.74. The number of carbonyl (C=O) groups is 13. The zero-order chi connectivity index (χ0) is 82.7. The Labute approximate surface area is 653 Å². The molecule has 0 aromatic heterocycles. The lowest BCUT2D eigenvalue weighted by atomic mass is 9.95. The number of hydrogen-bond donors (Lipinski definition) is 22. The van der Waals surface area contributed by atoms with E-state index in [1.165, 1.54) is 0 Å². The number of hydrogen-bond acceptors (Lipinski definition) is 20. The van der Waals surface area contributed by atoms with E-state index in [4.69, 9.17) is 51.6 Å². The van der Waals surface area contributed by atoms with E-state index in [0.717, 1.165) is 21.6 Å². The molecule has 2 aromatic carbocycles. The van der Waals surface area contributed by atoms with Crippen LogP contribution in [0.25, 0.3) is 0 Å². The highest BCUT2D eigenvalue weighted by molar-refractivity contribution is 8.76. The first-order valence-corrected chi connectivity index (χ1v) is 39.2. The third-order valence-electron chi connectivity index (χ3n) is 17.5. The van der Waals surface area contributed by atoms with Crippen LogP contribution in [-0.2, 0) is 75.2 Å². The van der Waals surface area contributed by atoms with E-state index >= 15 is 0 Å². The molecule has 0 radical (unpaired) electrons. The first kappa shape index (κ1) is 94.5. The summed E-state index contributed by atoms with van der Waals surface area (Å²) in [5, 5.41) is 42.2. The second-order valence-electron chi connectivity index (χ2n) is 27.1. The van der Waals surface area contributed by atoms with Gasteiger partial charge in [0.2, 0.25) is 70.9 Å². The van der Waals surface area contributed by atoms with E-state index < -0.39 is 174 Å². The van der Waals surface area contributed by atoms with Gasteiger partial charge in [-0.3, -0.25) is 77.5 Å². The summed E-state index contributed by atoms with van der Waals surface area (Å²) < 4.78 is 0. The van der Waals surface area contributed by atoms with Gasteiger partial charge in [0.05, 0.1) is 19.1 Å². The number of guanidine groups is 4. The third-order valence-corrected chi connectivity index (χ3v) is 19.9. The number of benzene rings is 2. The molecule has 1 saturated heterocycles. The van der Waals surface area contributed by atoms with E-state index in [9.17, 15) is 67.4 Å². The Morgan fingerprint density at radius 1 is 0.459 bits per heavy atom. The van der Waals surface area contributed by atoms with E-state index in [2.05, 4.69) is 83.8 Å². The van der Waals surface area contributed by atoms with Gasteiger partial charge in [-0.25, -0.2) is 4.79 Å². The molecule has 3 rings (SSSR count). The molecule has 1 heterocycles. The molecule has 39 nitrogen and oxygen atoms in total. The minimum absolute atomic E-state index is 0.00478. The van der Waals surface area contributed by atoms with Crippen molar-refractivity contribution in [2.45, 2.75) is 191 Å². The third kappa shape index (κ3) is 37.5. The van der Waals surface area contributed by atoms with Gasteiger partial charge in [-0.05, 0) is 86.7 Å². The van der Waals surface area contributed by atoms with Crippen molar-refractivity contribution in [1.82, 2.24) is 63.8 Å².